The Morgan fingerprint density at radius 3 is 2.07 bits per heavy atom. The molecule has 0 saturated heterocycles. The first-order valence-electron chi connectivity index (χ1n) is 8.71. The van der Waals surface area contributed by atoms with E-state index in [0.29, 0.717) is 6.61 Å². The average molecular weight is 502 g/mol. The Balaban J connectivity index is 0.00000280. The van der Waals surface area contributed by atoms with E-state index in [1.807, 2.05) is 48.5 Å². The Bertz CT molecular complexity index is 870. The van der Waals surface area contributed by atoms with Crippen molar-refractivity contribution in [1.29, 1.82) is 0 Å². The van der Waals surface area contributed by atoms with Gasteiger partial charge in [0.05, 0.1) is 0 Å². The maximum absolute atomic E-state index is 6.03. The van der Waals surface area contributed by atoms with E-state index in [2.05, 4.69) is 39.4 Å². The summed E-state index contributed by atoms with van der Waals surface area (Å²) in [5.41, 5.74) is 3.47. The molecule has 0 heterocycles. The van der Waals surface area contributed by atoms with Crippen molar-refractivity contribution in [2.75, 3.05) is 6.54 Å². The van der Waals surface area contributed by atoms with Crippen molar-refractivity contribution in [3.63, 3.8) is 0 Å². The predicted octanol–water partition coefficient (Wildman–Crippen LogP) is 7.09. The van der Waals surface area contributed by atoms with E-state index in [1.165, 1.54) is 5.56 Å². The maximum Gasteiger partial charge on any atom is 0.124 e. The van der Waals surface area contributed by atoms with Crippen molar-refractivity contribution < 1.29 is 4.74 Å². The topological polar surface area (TPSA) is 21.3 Å². The van der Waals surface area contributed by atoms with Gasteiger partial charge in [-0.1, -0.05) is 63.4 Å². The highest BCUT2D eigenvalue weighted by Gasteiger charge is 2.06. The van der Waals surface area contributed by atoms with Gasteiger partial charge in [-0.3, -0.25) is 0 Å². The average Bonchev–Trinajstić information content (AvgIpc) is 2.67. The predicted molar refractivity (Wildman–Crippen MR) is 124 cm³/mol. The van der Waals surface area contributed by atoms with Crippen LogP contribution in [0, 0.1) is 0 Å². The summed E-state index contributed by atoms with van der Waals surface area (Å²) in [6.45, 7) is 2.13. The molecule has 0 spiro atoms. The lowest BCUT2D eigenvalue weighted by Gasteiger charge is -2.13. The van der Waals surface area contributed by atoms with Gasteiger partial charge in [0.1, 0.15) is 12.4 Å². The molecule has 0 unspecified atom stereocenters. The fraction of sp³-hybridized carbons (Fsp3) is 0.182. The molecule has 3 aromatic carbocycles. The summed E-state index contributed by atoms with van der Waals surface area (Å²) in [6, 6.07) is 21.8. The third-order valence-electron chi connectivity index (χ3n) is 4.15. The smallest absolute Gasteiger partial charge is 0.124 e. The van der Waals surface area contributed by atoms with Crippen LogP contribution >= 0.6 is 51.5 Å². The number of halogens is 4. The van der Waals surface area contributed by atoms with Gasteiger partial charge in [0, 0.05) is 26.6 Å². The molecule has 2 nitrogen and oxygen atoms in total. The lowest BCUT2D eigenvalue weighted by atomic mass is 10.1. The molecule has 28 heavy (non-hydrogen) atoms. The van der Waals surface area contributed by atoms with Crippen molar-refractivity contribution in [1.82, 2.24) is 5.32 Å². The van der Waals surface area contributed by atoms with Crippen LogP contribution in [-0.2, 0) is 19.6 Å². The van der Waals surface area contributed by atoms with E-state index in [0.717, 1.165) is 50.9 Å². The number of ether oxygens (including phenoxy) is 1. The summed E-state index contributed by atoms with van der Waals surface area (Å²) < 4.78 is 7.07. The minimum absolute atomic E-state index is 0. The number of benzene rings is 3. The number of nitrogens with one attached hydrogen (secondary N) is 1. The zero-order chi connectivity index (χ0) is 19.1. The van der Waals surface area contributed by atoms with E-state index >= 15 is 0 Å². The van der Waals surface area contributed by atoms with Crippen molar-refractivity contribution in [2.45, 2.75) is 19.6 Å². The molecule has 0 radical (unpaired) electrons. The van der Waals surface area contributed by atoms with Crippen LogP contribution in [0.2, 0.25) is 10.0 Å². The van der Waals surface area contributed by atoms with Crippen LogP contribution in [-0.4, -0.2) is 6.54 Å². The van der Waals surface area contributed by atoms with Gasteiger partial charge in [0.25, 0.3) is 0 Å². The Morgan fingerprint density at radius 1 is 0.821 bits per heavy atom. The van der Waals surface area contributed by atoms with Crippen LogP contribution < -0.4 is 10.1 Å². The third-order valence-corrected chi connectivity index (χ3v) is 5.15. The molecule has 0 saturated carbocycles. The van der Waals surface area contributed by atoms with Crippen LogP contribution in [0.3, 0.4) is 0 Å². The Labute approximate surface area is 190 Å². The molecular formula is C22H21BrCl3NO. The highest BCUT2D eigenvalue weighted by Crippen LogP contribution is 2.24. The van der Waals surface area contributed by atoms with Gasteiger partial charge in [0.15, 0.2) is 0 Å². The van der Waals surface area contributed by atoms with Crippen molar-refractivity contribution in [2.24, 2.45) is 0 Å². The van der Waals surface area contributed by atoms with Gasteiger partial charge in [-0.25, -0.2) is 0 Å². The first-order chi connectivity index (χ1) is 13.1. The summed E-state index contributed by atoms with van der Waals surface area (Å²) in [5, 5.41) is 4.98. The molecule has 0 atom stereocenters. The number of rotatable bonds is 8. The van der Waals surface area contributed by atoms with Crippen molar-refractivity contribution in [3.05, 3.63) is 97.9 Å². The molecule has 0 amide bonds. The SMILES string of the molecule is Cl.Clc1ccc(CCNCc2cc(Br)ccc2OCc2ccc(Cl)cc2)cc1. The normalized spacial score (nSPS) is 10.4. The lowest BCUT2D eigenvalue weighted by molar-refractivity contribution is 0.302. The zero-order valence-electron chi connectivity index (χ0n) is 15.1. The Kier molecular flexibility index (Phi) is 9.63. The van der Waals surface area contributed by atoms with Crippen molar-refractivity contribution in [3.8, 4) is 5.75 Å². The minimum atomic E-state index is 0. The lowest BCUT2D eigenvalue weighted by Crippen LogP contribution is -2.17. The maximum atomic E-state index is 6.03. The molecule has 0 aliphatic heterocycles. The van der Waals surface area contributed by atoms with Gasteiger partial charge in [-0.05, 0) is 66.6 Å². The van der Waals surface area contributed by atoms with Crippen LogP contribution in [0.5, 0.6) is 5.75 Å². The molecule has 0 aliphatic carbocycles. The third kappa shape index (κ3) is 7.31. The van der Waals surface area contributed by atoms with E-state index in [9.17, 15) is 0 Å². The highest BCUT2D eigenvalue weighted by molar-refractivity contribution is 9.10. The summed E-state index contributed by atoms with van der Waals surface area (Å²) in [7, 11) is 0. The molecule has 6 heteroatoms. The van der Waals surface area contributed by atoms with E-state index in [-0.39, 0.29) is 12.4 Å². The molecule has 0 aliphatic rings. The molecule has 0 aromatic heterocycles. The second kappa shape index (κ2) is 11.7. The van der Waals surface area contributed by atoms with Crippen LogP contribution in [0.4, 0.5) is 0 Å². The van der Waals surface area contributed by atoms with Gasteiger partial charge in [-0.15, -0.1) is 12.4 Å². The zero-order valence-corrected chi connectivity index (χ0v) is 19.0. The summed E-state index contributed by atoms with van der Waals surface area (Å²) in [6.07, 6.45) is 0.951. The second-order valence-corrected chi connectivity index (χ2v) is 8.01. The minimum Gasteiger partial charge on any atom is -0.489 e. The largest absolute Gasteiger partial charge is 0.489 e. The fourth-order valence-electron chi connectivity index (χ4n) is 2.68. The van der Waals surface area contributed by atoms with E-state index < -0.39 is 0 Å². The molecule has 3 aromatic rings. The molecule has 0 bridgehead atoms. The molecule has 148 valence electrons. The van der Waals surface area contributed by atoms with Gasteiger partial charge in [-0.2, -0.15) is 0 Å². The Hall–Kier alpha value is -1.23. The fourth-order valence-corrected chi connectivity index (χ4v) is 3.34. The highest BCUT2D eigenvalue weighted by atomic mass is 79.9. The summed E-state index contributed by atoms with van der Waals surface area (Å²) in [5.74, 6) is 0.882. The first-order valence-corrected chi connectivity index (χ1v) is 10.3. The van der Waals surface area contributed by atoms with Gasteiger partial charge in [0.2, 0.25) is 0 Å². The second-order valence-electron chi connectivity index (χ2n) is 6.22. The van der Waals surface area contributed by atoms with Crippen molar-refractivity contribution >= 4 is 51.5 Å². The number of hydrogen-bond donors (Lipinski definition) is 1. The monoisotopic (exact) mass is 499 g/mol. The summed E-state index contributed by atoms with van der Waals surface area (Å²) in [4.78, 5) is 0. The standard InChI is InChI=1S/C22H20BrCl2NO.ClH/c23-19-5-10-22(27-15-17-3-8-21(25)9-4-17)18(13-19)14-26-12-11-16-1-6-20(24)7-2-16;/h1-10,13,26H,11-12,14-15H2;1H. The molecule has 3 rings (SSSR count). The van der Waals surface area contributed by atoms with Crippen LogP contribution in [0.15, 0.2) is 71.2 Å². The Morgan fingerprint density at radius 2 is 1.43 bits per heavy atom. The first kappa shape index (κ1) is 23.1. The van der Waals surface area contributed by atoms with Gasteiger partial charge < -0.3 is 10.1 Å². The summed E-state index contributed by atoms with van der Waals surface area (Å²) >= 11 is 15.4. The molecule has 0 fully saturated rings. The van der Waals surface area contributed by atoms with Gasteiger partial charge >= 0.3 is 0 Å². The van der Waals surface area contributed by atoms with E-state index in [4.69, 9.17) is 27.9 Å². The quantitative estimate of drug-likeness (QED) is 0.333. The van der Waals surface area contributed by atoms with E-state index in [1.54, 1.807) is 0 Å². The molecular weight excluding hydrogens is 481 g/mol. The number of hydrogen-bond acceptors (Lipinski definition) is 2. The van der Waals surface area contributed by atoms with Crippen LogP contribution in [0.25, 0.3) is 0 Å². The van der Waals surface area contributed by atoms with Crippen LogP contribution in [0.1, 0.15) is 16.7 Å². The molecule has 1 N–H and O–H groups in total.